The molecular weight excluding hydrogens is 240 g/mol. The lowest BCUT2D eigenvalue weighted by atomic mass is 9.69. The van der Waals surface area contributed by atoms with E-state index in [0.29, 0.717) is 0 Å². The second kappa shape index (κ2) is 5.48. The third-order valence-electron chi connectivity index (χ3n) is 3.05. The SMILES string of the molecule is C=CC(=O)OCC1(C(=O)O)CC=CCC1C(=O)O. The average molecular weight is 254 g/mol. The lowest BCUT2D eigenvalue weighted by molar-refractivity contribution is -0.170. The third kappa shape index (κ3) is 2.58. The van der Waals surface area contributed by atoms with Crippen LogP contribution in [0, 0.1) is 11.3 Å². The van der Waals surface area contributed by atoms with Gasteiger partial charge in [-0.25, -0.2) is 4.79 Å². The summed E-state index contributed by atoms with van der Waals surface area (Å²) >= 11 is 0. The lowest BCUT2D eigenvalue weighted by Crippen LogP contribution is -2.47. The zero-order valence-electron chi connectivity index (χ0n) is 9.67. The number of ether oxygens (including phenoxy) is 1. The summed E-state index contributed by atoms with van der Waals surface area (Å²) in [5.41, 5.74) is -1.61. The van der Waals surface area contributed by atoms with E-state index in [9.17, 15) is 19.5 Å². The van der Waals surface area contributed by atoms with Crippen molar-refractivity contribution in [2.75, 3.05) is 6.61 Å². The van der Waals surface area contributed by atoms with Crippen LogP contribution in [-0.2, 0) is 19.1 Å². The van der Waals surface area contributed by atoms with Gasteiger partial charge in [0.05, 0.1) is 5.92 Å². The summed E-state index contributed by atoms with van der Waals surface area (Å²) in [7, 11) is 0. The summed E-state index contributed by atoms with van der Waals surface area (Å²) in [5, 5.41) is 18.4. The van der Waals surface area contributed by atoms with E-state index in [4.69, 9.17) is 9.84 Å². The van der Waals surface area contributed by atoms with Crippen molar-refractivity contribution in [1.82, 2.24) is 0 Å². The van der Waals surface area contributed by atoms with Crippen LogP contribution in [0.5, 0.6) is 0 Å². The fraction of sp³-hybridized carbons (Fsp3) is 0.417. The molecule has 0 aromatic rings. The van der Waals surface area contributed by atoms with Gasteiger partial charge in [-0.05, 0) is 12.8 Å². The van der Waals surface area contributed by atoms with Crippen molar-refractivity contribution in [3.8, 4) is 0 Å². The number of hydrogen-bond donors (Lipinski definition) is 2. The second-order valence-electron chi connectivity index (χ2n) is 4.08. The van der Waals surface area contributed by atoms with E-state index in [1.54, 1.807) is 12.2 Å². The van der Waals surface area contributed by atoms with E-state index < -0.39 is 35.8 Å². The van der Waals surface area contributed by atoms with Crippen molar-refractivity contribution >= 4 is 17.9 Å². The molecule has 2 unspecified atom stereocenters. The average Bonchev–Trinajstić information content (AvgIpc) is 2.35. The maximum absolute atomic E-state index is 11.4. The van der Waals surface area contributed by atoms with Gasteiger partial charge in [0.1, 0.15) is 12.0 Å². The van der Waals surface area contributed by atoms with Crippen molar-refractivity contribution in [2.45, 2.75) is 12.8 Å². The Morgan fingerprint density at radius 3 is 2.56 bits per heavy atom. The van der Waals surface area contributed by atoms with E-state index in [0.717, 1.165) is 6.08 Å². The monoisotopic (exact) mass is 254 g/mol. The molecule has 0 spiro atoms. The topological polar surface area (TPSA) is 101 Å². The molecule has 1 rings (SSSR count). The highest BCUT2D eigenvalue weighted by Gasteiger charge is 2.50. The minimum Gasteiger partial charge on any atom is -0.481 e. The molecule has 0 radical (unpaired) electrons. The molecule has 0 aromatic heterocycles. The Hall–Kier alpha value is -2.11. The van der Waals surface area contributed by atoms with Crippen molar-refractivity contribution in [3.05, 3.63) is 24.8 Å². The summed E-state index contributed by atoms with van der Waals surface area (Å²) < 4.78 is 4.74. The Labute approximate surface area is 104 Å². The molecule has 0 bridgehead atoms. The molecule has 2 atom stereocenters. The maximum atomic E-state index is 11.4. The molecule has 0 saturated heterocycles. The predicted molar refractivity (Wildman–Crippen MR) is 60.7 cm³/mol. The molecule has 6 nitrogen and oxygen atoms in total. The molecule has 0 saturated carbocycles. The van der Waals surface area contributed by atoms with Gasteiger partial charge in [-0.15, -0.1) is 0 Å². The largest absolute Gasteiger partial charge is 0.481 e. The molecule has 1 aliphatic carbocycles. The quantitative estimate of drug-likeness (QED) is 0.428. The lowest BCUT2D eigenvalue weighted by Gasteiger charge is -2.35. The summed E-state index contributed by atoms with van der Waals surface area (Å²) in [4.78, 5) is 33.5. The maximum Gasteiger partial charge on any atom is 0.330 e. The first-order valence-electron chi connectivity index (χ1n) is 5.34. The first-order valence-corrected chi connectivity index (χ1v) is 5.34. The van der Waals surface area contributed by atoms with Crippen molar-refractivity contribution < 1.29 is 29.3 Å². The molecule has 0 aliphatic heterocycles. The summed E-state index contributed by atoms with van der Waals surface area (Å²) in [6, 6.07) is 0. The number of carboxylic acids is 2. The van der Waals surface area contributed by atoms with Gasteiger partial charge < -0.3 is 14.9 Å². The zero-order chi connectivity index (χ0) is 13.8. The molecular formula is C12H14O6. The van der Waals surface area contributed by atoms with Crippen LogP contribution < -0.4 is 0 Å². The van der Waals surface area contributed by atoms with Crippen LogP contribution in [0.4, 0.5) is 0 Å². The molecule has 2 N–H and O–H groups in total. The van der Waals surface area contributed by atoms with Crippen molar-refractivity contribution in [3.63, 3.8) is 0 Å². The number of carbonyl (C=O) groups excluding carboxylic acids is 1. The number of allylic oxidation sites excluding steroid dienone is 2. The van der Waals surface area contributed by atoms with Crippen LogP contribution >= 0.6 is 0 Å². The molecule has 0 amide bonds. The van der Waals surface area contributed by atoms with Crippen LogP contribution in [0.15, 0.2) is 24.8 Å². The van der Waals surface area contributed by atoms with Gasteiger partial charge in [0.2, 0.25) is 0 Å². The van der Waals surface area contributed by atoms with E-state index >= 15 is 0 Å². The molecule has 0 heterocycles. The fourth-order valence-electron chi connectivity index (χ4n) is 1.95. The Morgan fingerprint density at radius 1 is 1.39 bits per heavy atom. The number of rotatable bonds is 5. The zero-order valence-corrected chi connectivity index (χ0v) is 9.67. The summed E-state index contributed by atoms with van der Waals surface area (Å²) in [6.45, 7) is 2.72. The highest BCUT2D eigenvalue weighted by atomic mass is 16.5. The number of hydrogen-bond acceptors (Lipinski definition) is 4. The Balaban J connectivity index is 3.00. The van der Waals surface area contributed by atoms with Gasteiger partial charge in [-0.1, -0.05) is 18.7 Å². The third-order valence-corrected chi connectivity index (χ3v) is 3.05. The van der Waals surface area contributed by atoms with Crippen LogP contribution in [0.3, 0.4) is 0 Å². The Kier molecular flexibility index (Phi) is 4.25. The van der Waals surface area contributed by atoms with Gasteiger partial charge in [0, 0.05) is 6.08 Å². The van der Waals surface area contributed by atoms with Crippen LogP contribution in [0.1, 0.15) is 12.8 Å². The Morgan fingerprint density at radius 2 is 2.06 bits per heavy atom. The van der Waals surface area contributed by atoms with Gasteiger partial charge in [-0.2, -0.15) is 0 Å². The Bertz CT molecular complexity index is 411. The van der Waals surface area contributed by atoms with E-state index in [-0.39, 0.29) is 12.8 Å². The number of carboxylic acid groups (broad SMARTS) is 2. The first kappa shape index (κ1) is 14.0. The molecule has 6 heteroatoms. The van der Waals surface area contributed by atoms with E-state index in [1.165, 1.54) is 0 Å². The minimum atomic E-state index is -1.61. The molecule has 0 aromatic carbocycles. The van der Waals surface area contributed by atoms with Gasteiger partial charge in [0.15, 0.2) is 0 Å². The van der Waals surface area contributed by atoms with E-state index in [1.807, 2.05) is 0 Å². The molecule has 0 fully saturated rings. The number of aliphatic carboxylic acids is 2. The number of carbonyl (C=O) groups is 3. The molecule has 1 aliphatic rings. The van der Waals surface area contributed by atoms with Gasteiger partial charge in [0.25, 0.3) is 0 Å². The van der Waals surface area contributed by atoms with Crippen LogP contribution in [0.2, 0.25) is 0 Å². The summed E-state index contributed by atoms with van der Waals surface area (Å²) in [5.74, 6) is -4.38. The van der Waals surface area contributed by atoms with Crippen molar-refractivity contribution in [2.24, 2.45) is 11.3 Å². The summed E-state index contributed by atoms with van der Waals surface area (Å²) in [6.07, 6.45) is 4.24. The van der Waals surface area contributed by atoms with Gasteiger partial charge >= 0.3 is 17.9 Å². The van der Waals surface area contributed by atoms with E-state index in [2.05, 4.69) is 6.58 Å². The van der Waals surface area contributed by atoms with Crippen LogP contribution in [-0.4, -0.2) is 34.7 Å². The smallest absolute Gasteiger partial charge is 0.330 e. The predicted octanol–water partition coefficient (Wildman–Crippen LogP) is 0.837. The van der Waals surface area contributed by atoms with Crippen LogP contribution in [0.25, 0.3) is 0 Å². The van der Waals surface area contributed by atoms with Gasteiger partial charge in [-0.3, -0.25) is 9.59 Å². The fourth-order valence-corrected chi connectivity index (χ4v) is 1.95. The highest BCUT2D eigenvalue weighted by molar-refractivity contribution is 5.85. The first-order chi connectivity index (χ1) is 8.44. The highest BCUT2D eigenvalue weighted by Crippen LogP contribution is 2.39. The standard InChI is InChI=1S/C12H14O6/c1-2-9(13)18-7-12(11(16)17)6-4-3-5-8(12)10(14)15/h2-4,8H,1,5-7H2,(H,14,15)(H,16,17). The number of esters is 1. The normalized spacial score (nSPS) is 26.3. The minimum absolute atomic E-state index is 0.0176. The van der Waals surface area contributed by atoms with Crippen molar-refractivity contribution in [1.29, 1.82) is 0 Å². The molecule has 98 valence electrons. The molecule has 18 heavy (non-hydrogen) atoms. The second-order valence-corrected chi connectivity index (χ2v) is 4.08.